The normalized spacial score (nSPS) is 29.8. The average molecular weight is 326 g/mol. The molecular weight excluding hydrogens is 303 g/mol. The van der Waals surface area contributed by atoms with Gasteiger partial charge in [0.25, 0.3) is 0 Å². The Morgan fingerprint density at radius 3 is 2.50 bits per heavy atom. The van der Waals surface area contributed by atoms with E-state index in [4.69, 9.17) is 0 Å². The first-order valence-corrected chi connectivity index (χ1v) is 8.70. The summed E-state index contributed by atoms with van der Waals surface area (Å²) in [5, 5.41) is 11.3. The van der Waals surface area contributed by atoms with Gasteiger partial charge in [0.05, 0.1) is 11.9 Å². The van der Waals surface area contributed by atoms with E-state index in [1.807, 2.05) is 13.0 Å². The van der Waals surface area contributed by atoms with Crippen molar-refractivity contribution in [3.8, 4) is 0 Å². The minimum absolute atomic E-state index is 0.343. The van der Waals surface area contributed by atoms with Gasteiger partial charge in [0.15, 0.2) is 0 Å². The Balaban J connectivity index is 1.57. The van der Waals surface area contributed by atoms with Gasteiger partial charge in [0.2, 0.25) is 0 Å². The Hall–Kier alpha value is -1.78. The van der Waals surface area contributed by atoms with Gasteiger partial charge in [-0.3, -0.25) is 9.88 Å². The van der Waals surface area contributed by atoms with Gasteiger partial charge in [-0.1, -0.05) is 30.3 Å². The minimum atomic E-state index is -0.934. The molecule has 0 spiro atoms. The average Bonchev–Trinajstić information content (AvgIpc) is 2.79. The molecule has 4 heteroatoms. The van der Waals surface area contributed by atoms with Crippen molar-refractivity contribution in [3.63, 3.8) is 0 Å². The molecule has 2 bridgehead atoms. The van der Waals surface area contributed by atoms with Crippen LogP contribution in [0.2, 0.25) is 0 Å². The van der Waals surface area contributed by atoms with Crippen LogP contribution >= 0.6 is 0 Å². The molecule has 2 aromatic rings. The third kappa shape index (κ3) is 2.74. The molecule has 3 nitrogen and oxygen atoms in total. The maximum atomic E-state index is 13.4. The standard InChI is InChI=1S/C20H23FN2O/c1-14-9-16(21)12-22-19(14)20(24)10-17-7-8-18(11-20)23(17)13-15-5-3-2-4-6-15/h2-6,9,12,17-18,24H,7-8,10-11,13H2,1H3. The van der Waals surface area contributed by atoms with E-state index in [-0.39, 0.29) is 5.82 Å². The summed E-state index contributed by atoms with van der Waals surface area (Å²) in [7, 11) is 0. The fourth-order valence-electron chi connectivity index (χ4n) is 4.59. The monoisotopic (exact) mass is 326 g/mol. The fourth-order valence-corrected chi connectivity index (χ4v) is 4.59. The lowest BCUT2D eigenvalue weighted by atomic mass is 9.81. The van der Waals surface area contributed by atoms with Crippen LogP contribution in [0.1, 0.15) is 42.5 Å². The number of benzene rings is 1. The van der Waals surface area contributed by atoms with Crippen LogP contribution in [0.25, 0.3) is 0 Å². The summed E-state index contributed by atoms with van der Waals surface area (Å²) >= 11 is 0. The van der Waals surface area contributed by atoms with E-state index in [1.54, 1.807) is 0 Å². The van der Waals surface area contributed by atoms with Crippen molar-refractivity contribution in [3.05, 3.63) is 65.2 Å². The van der Waals surface area contributed by atoms with E-state index in [0.717, 1.165) is 24.9 Å². The molecule has 2 unspecified atom stereocenters. The topological polar surface area (TPSA) is 36.4 Å². The van der Waals surface area contributed by atoms with Crippen LogP contribution in [-0.4, -0.2) is 27.1 Å². The molecule has 2 saturated heterocycles. The highest BCUT2D eigenvalue weighted by molar-refractivity contribution is 5.27. The molecule has 2 aliphatic heterocycles. The van der Waals surface area contributed by atoms with Crippen LogP contribution in [0, 0.1) is 12.7 Å². The maximum absolute atomic E-state index is 13.4. The number of piperidine rings is 1. The molecule has 126 valence electrons. The smallest absolute Gasteiger partial charge is 0.141 e. The first kappa shape index (κ1) is 15.7. The molecule has 1 N–H and O–H groups in total. The third-order valence-corrected chi connectivity index (χ3v) is 5.61. The summed E-state index contributed by atoms with van der Waals surface area (Å²) < 4.78 is 13.4. The van der Waals surface area contributed by atoms with Gasteiger partial charge in [-0.25, -0.2) is 4.39 Å². The molecule has 2 fully saturated rings. The van der Waals surface area contributed by atoms with Crippen molar-refractivity contribution < 1.29 is 9.50 Å². The summed E-state index contributed by atoms with van der Waals surface area (Å²) in [6.07, 6.45) is 4.80. The number of hydrogen-bond donors (Lipinski definition) is 1. The molecule has 4 rings (SSSR count). The number of pyridine rings is 1. The third-order valence-electron chi connectivity index (χ3n) is 5.61. The Bertz CT molecular complexity index is 720. The van der Waals surface area contributed by atoms with Crippen LogP contribution < -0.4 is 0 Å². The molecule has 2 atom stereocenters. The summed E-state index contributed by atoms with van der Waals surface area (Å²) in [6.45, 7) is 2.77. The highest BCUT2D eigenvalue weighted by atomic mass is 19.1. The molecule has 2 aliphatic rings. The number of rotatable bonds is 3. The van der Waals surface area contributed by atoms with Crippen molar-refractivity contribution in [1.29, 1.82) is 0 Å². The van der Waals surface area contributed by atoms with E-state index in [1.165, 1.54) is 17.8 Å². The van der Waals surface area contributed by atoms with Gasteiger partial charge >= 0.3 is 0 Å². The second-order valence-electron chi connectivity index (χ2n) is 7.30. The Kier molecular flexibility index (Phi) is 3.89. The molecule has 1 aromatic heterocycles. The van der Waals surface area contributed by atoms with Crippen LogP contribution in [-0.2, 0) is 12.1 Å². The lowest BCUT2D eigenvalue weighted by Crippen LogP contribution is -2.49. The van der Waals surface area contributed by atoms with Crippen LogP contribution in [0.15, 0.2) is 42.6 Å². The Morgan fingerprint density at radius 2 is 1.88 bits per heavy atom. The largest absolute Gasteiger partial charge is 0.383 e. The molecule has 0 radical (unpaired) electrons. The zero-order valence-electron chi connectivity index (χ0n) is 14.0. The second-order valence-corrected chi connectivity index (χ2v) is 7.30. The first-order chi connectivity index (χ1) is 11.5. The van der Waals surface area contributed by atoms with E-state index in [2.05, 4.69) is 34.1 Å². The SMILES string of the molecule is Cc1cc(F)cnc1C1(O)CC2CCC(C1)N2Cc1ccccc1. The van der Waals surface area contributed by atoms with Crippen LogP contribution in [0.3, 0.4) is 0 Å². The number of halogens is 1. The van der Waals surface area contributed by atoms with Crippen molar-refractivity contribution in [2.45, 2.75) is 56.8 Å². The summed E-state index contributed by atoms with van der Waals surface area (Å²) in [6, 6.07) is 12.7. The van der Waals surface area contributed by atoms with Crippen molar-refractivity contribution in [1.82, 2.24) is 9.88 Å². The molecule has 1 aromatic carbocycles. The van der Waals surface area contributed by atoms with Gasteiger partial charge in [-0.05, 0) is 49.8 Å². The number of aromatic nitrogens is 1. The molecule has 24 heavy (non-hydrogen) atoms. The lowest BCUT2D eigenvalue weighted by molar-refractivity contribution is -0.0628. The predicted octanol–water partition coefficient (Wildman–Crippen LogP) is 3.54. The van der Waals surface area contributed by atoms with E-state index < -0.39 is 5.60 Å². The zero-order valence-corrected chi connectivity index (χ0v) is 14.0. The quantitative estimate of drug-likeness (QED) is 0.937. The highest BCUT2D eigenvalue weighted by Gasteiger charge is 2.49. The molecular formula is C20H23FN2O. The van der Waals surface area contributed by atoms with Crippen molar-refractivity contribution in [2.24, 2.45) is 0 Å². The zero-order chi connectivity index (χ0) is 16.7. The minimum Gasteiger partial charge on any atom is -0.383 e. The number of aryl methyl sites for hydroxylation is 1. The van der Waals surface area contributed by atoms with Crippen LogP contribution in [0.5, 0.6) is 0 Å². The Morgan fingerprint density at radius 1 is 1.21 bits per heavy atom. The van der Waals surface area contributed by atoms with Gasteiger partial charge in [0.1, 0.15) is 11.4 Å². The van der Waals surface area contributed by atoms with Crippen LogP contribution in [0.4, 0.5) is 4.39 Å². The second kappa shape index (κ2) is 5.94. The number of nitrogens with zero attached hydrogens (tertiary/aromatic N) is 2. The number of aliphatic hydroxyl groups is 1. The van der Waals surface area contributed by atoms with Crippen molar-refractivity contribution >= 4 is 0 Å². The molecule has 3 heterocycles. The van der Waals surface area contributed by atoms with E-state index >= 15 is 0 Å². The van der Waals surface area contributed by atoms with E-state index in [9.17, 15) is 9.50 Å². The predicted molar refractivity (Wildman–Crippen MR) is 90.9 cm³/mol. The molecule has 0 aliphatic carbocycles. The molecule has 0 saturated carbocycles. The lowest BCUT2D eigenvalue weighted by Gasteiger charge is -2.44. The molecule has 0 amide bonds. The summed E-state index contributed by atoms with van der Waals surface area (Å²) in [5.41, 5.74) is 1.78. The van der Waals surface area contributed by atoms with Gasteiger partial charge in [-0.2, -0.15) is 0 Å². The van der Waals surface area contributed by atoms with E-state index in [0.29, 0.717) is 30.6 Å². The first-order valence-electron chi connectivity index (χ1n) is 8.70. The maximum Gasteiger partial charge on any atom is 0.141 e. The van der Waals surface area contributed by atoms with Gasteiger partial charge < -0.3 is 5.11 Å². The number of hydrogen-bond acceptors (Lipinski definition) is 3. The summed E-state index contributed by atoms with van der Waals surface area (Å²) in [5.74, 6) is -0.343. The number of fused-ring (bicyclic) bond motifs is 2. The Labute approximate surface area is 142 Å². The fraction of sp³-hybridized carbons (Fsp3) is 0.450. The highest BCUT2D eigenvalue weighted by Crippen LogP contribution is 2.46. The van der Waals surface area contributed by atoms with Gasteiger partial charge in [0, 0.05) is 18.6 Å². The van der Waals surface area contributed by atoms with Crippen molar-refractivity contribution in [2.75, 3.05) is 0 Å². The summed E-state index contributed by atoms with van der Waals surface area (Å²) in [4.78, 5) is 6.77. The van der Waals surface area contributed by atoms with Gasteiger partial charge in [-0.15, -0.1) is 0 Å².